The number of nitrogens with zero attached hydrogens (tertiary/aromatic N) is 2. The van der Waals surface area contributed by atoms with Crippen LogP contribution in [0, 0.1) is 0 Å². The van der Waals surface area contributed by atoms with E-state index in [2.05, 4.69) is 40.1 Å². The number of halogens is 1. The van der Waals surface area contributed by atoms with Gasteiger partial charge in [-0.25, -0.2) is 4.98 Å². The minimum Gasteiger partial charge on any atom is -0.312 e. The molecule has 0 unspecified atom stereocenters. The predicted octanol–water partition coefficient (Wildman–Crippen LogP) is 4.03. The highest BCUT2D eigenvalue weighted by atomic mass is 79.9. The molecular weight excluding hydrogens is 322 g/mol. The van der Waals surface area contributed by atoms with Crippen LogP contribution in [0.25, 0.3) is 10.7 Å². The van der Waals surface area contributed by atoms with Crippen molar-refractivity contribution < 1.29 is 0 Å². The highest BCUT2D eigenvalue weighted by Gasteiger charge is 2.13. The number of aryl methyl sites for hydroxylation is 1. The summed E-state index contributed by atoms with van der Waals surface area (Å²) in [5.41, 5.74) is 2.12. The summed E-state index contributed by atoms with van der Waals surface area (Å²) in [6.45, 7) is 6.27. The van der Waals surface area contributed by atoms with Gasteiger partial charge in [-0.3, -0.25) is 4.98 Å². The van der Waals surface area contributed by atoms with Gasteiger partial charge in [0.1, 0.15) is 10.7 Å². The van der Waals surface area contributed by atoms with E-state index in [4.69, 9.17) is 4.98 Å². The molecule has 2 aromatic heterocycles. The fourth-order valence-corrected chi connectivity index (χ4v) is 3.53. The second-order valence-corrected chi connectivity index (χ2v) is 6.19. The summed E-state index contributed by atoms with van der Waals surface area (Å²) in [4.78, 5) is 10.5. The lowest BCUT2D eigenvalue weighted by molar-refractivity contribution is 0.677. The van der Waals surface area contributed by atoms with Gasteiger partial charge < -0.3 is 5.32 Å². The number of thiazole rings is 1. The number of rotatable bonds is 6. The summed E-state index contributed by atoms with van der Waals surface area (Å²) < 4.78 is 1.000. The van der Waals surface area contributed by atoms with Crippen LogP contribution in [-0.2, 0) is 13.0 Å². The average molecular weight is 340 g/mol. The van der Waals surface area contributed by atoms with Crippen molar-refractivity contribution in [1.29, 1.82) is 0 Å². The zero-order valence-corrected chi connectivity index (χ0v) is 13.6. The number of nitrogens with one attached hydrogen (secondary N) is 1. The first-order valence-electron chi connectivity index (χ1n) is 6.56. The fraction of sp³-hybridized carbons (Fsp3) is 0.429. The Morgan fingerprint density at radius 1 is 1.37 bits per heavy atom. The molecule has 0 saturated carbocycles. The Kier molecular flexibility index (Phi) is 5.48. The summed E-state index contributed by atoms with van der Waals surface area (Å²) in [5.74, 6) is 0. The van der Waals surface area contributed by atoms with E-state index >= 15 is 0 Å². The molecule has 2 rings (SSSR count). The average Bonchev–Trinajstić information content (AvgIpc) is 2.83. The summed E-state index contributed by atoms with van der Waals surface area (Å²) in [6, 6.07) is 3.93. The van der Waals surface area contributed by atoms with E-state index in [0.717, 1.165) is 41.1 Å². The molecule has 0 amide bonds. The molecule has 0 aliphatic carbocycles. The number of hydrogen-bond donors (Lipinski definition) is 1. The lowest BCUT2D eigenvalue weighted by atomic mass is 10.3. The van der Waals surface area contributed by atoms with Gasteiger partial charge in [0.2, 0.25) is 0 Å². The Hall–Kier alpha value is -0.780. The molecule has 1 N–H and O–H groups in total. The van der Waals surface area contributed by atoms with Crippen LogP contribution in [0.3, 0.4) is 0 Å². The summed E-state index contributed by atoms with van der Waals surface area (Å²) in [7, 11) is 0. The molecule has 0 atom stereocenters. The molecule has 0 saturated heterocycles. The zero-order valence-electron chi connectivity index (χ0n) is 11.2. The second-order valence-electron chi connectivity index (χ2n) is 4.25. The van der Waals surface area contributed by atoms with E-state index in [1.807, 2.05) is 18.3 Å². The van der Waals surface area contributed by atoms with Gasteiger partial charge in [0, 0.05) is 22.1 Å². The molecule has 19 heavy (non-hydrogen) atoms. The van der Waals surface area contributed by atoms with E-state index in [1.165, 1.54) is 10.6 Å². The third-order valence-corrected chi connectivity index (χ3v) is 4.53. The van der Waals surface area contributed by atoms with Crippen LogP contribution in [0.1, 0.15) is 30.8 Å². The monoisotopic (exact) mass is 339 g/mol. The van der Waals surface area contributed by atoms with Crippen molar-refractivity contribution in [2.75, 3.05) is 6.54 Å². The van der Waals surface area contributed by atoms with Gasteiger partial charge in [0.25, 0.3) is 0 Å². The third-order valence-electron chi connectivity index (χ3n) is 2.79. The predicted molar refractivity (Wildman–Crippen MR) is 84.4 cm³/mol. The van der Waals surface area contributed by atoms with Gasteiger partial charge in [-0.2, -0.15) is 0 Å². The first kappa shape index (κ1) is 14.6. The Morgan fingerprint density at radius 2 is 2.21 bits per heavy atom. The summed E-state index contributed by atoms with van der Waals surface area (Å²) in [6.07, 6.45) is 3.92. The van der Waals surface area contributed by atoms with Crippen molar-refractivity contribution in [1.82, 2.24) is 15.3 Å². The van der Waals surface area contributed by atoms with Gasteiger partial charge >= 0.3 is 0 Å². The zero-order chi connectivity index (χ0) is 13.7. The van der Waals surface area contributed by atoms with Crippen LogP contribution < -0.4 is 5.32 Å². The van der Waals surface area contributed by atoms with E-state index in [1.54, 1.807) is 11.3 Å². The third kappa shape index (κ3) is 3.61. The van der Waals surface area contributed by atoms with Gasteiger partial charge in [0.05, 0.1) is 5.69 Å². The van der Waals surface area contributed by atoms with Crippen molar-refractivity contribution >= 4 is 27.3 Å². The molecule has 0 aromatic carbocycles. The van der Waals surface area contributed by atoms with Crippen molar-refractivity contribution in [2.45, 2.75) is 33.2 Å². The minimum atomic E-state index is 0.902. The standard InChI is InChI=1S/C14H18BrN3S/c1-3-7-16-9-12-11(4-2)18-14(19-12)13-10(15)6-5-8-17-13/h5-6,8,16H,3-4,7,9H2,1-2H3. The molecule has 0 bridgehead atoms. The Morgan fingerprint density at radius 3 is 2.89 bits per heavy atom. The van der Waals surface area contributed by atoms with Crippen LogP contribution in [0.2, 0.25) is 0 Å². The van der Waals surface area contributed by atoms with E-state index < -0.39 is 0 Å². The van der Waals surface area contributed by atoms with Crippen LogP contribution in [-0.4, -0.2) is 16.5 Å². The van der Waals surface area contributed by atoms with Crippen molar-refractivity contribution in [3.05, 3.63) is 33.4 Å². The minimum absolute atomic E-state index is 0.902. The number of aromatic nitrogens is 2. The van der Waals surface area contributed by atoms with E-state index in [0.29, 0.717) is 0 Å². The normalized spacial score (nSPS) is 10.9. The largest absolute Gasteiger partial charge is 0.312 e. The van der Waals surface area contributed by atoms with Crippen LogP contribution >= 0.6 is 27.3 Å². The van der Waals surface area contributed by atoms with E-state index in [-0.39, 0.29) is 0 Å². The molecule has 102 valence electrons. The molecule has 3 nitrogen and oxygen atoms in total. The SMILES string of the molecule is CCCNCc1sc(-c2ncccc2Br)nc1CC. The Labute approximate surface area is 126 Å². The maximum absolute atomic E-state index is 4.72. The molecule has 0 spiro atoms. The molecule has 2 aromatic rings. The van der Waals surface area contributed by atoms with Crippen molar-refractivity contribution in [3.8, 4) is 10.7 Å². The van der Waals surface area contributed by atoms with Crippen molar-refractivity contribution in [3.63, 3.8) is 0 Å². The Bertz CT molecular complexity index is 539. The number of hydrogen-bond acceptors (Lipinski definition) is 4. The molecule has 0 fully saturated rings. The smallest absolute Gasteiger partial charge is 0.143 e. The first-order chi connectivity index (χ1) is 9.26. The second kappa shape index (κ2) is 7.12. The molecule has 5 heteroatoms. The highest BCUT2D eigenvalue weighted by Crippen LogP contribution is 2.31. The van der Waals surface area contributed by atoms with E-state index in [9.17, 15) is 0 Å². The van der Waals surface area contributed by atoms with Gasteiger partial charge in [0.15, 0.2) is 0 Å². The molecule has 0 radical (unpaired) electrons. The van der Waals surface area contributed by atoms with Crippen molar-refractivity contribution in [2.24, 2.45) is 0 Å². The molecule has 2 heterocycles. The van der Waals surface area contributed by atoms with Gasteiger partial charge in [-0.15, -0.1) is 11.3 Å². The summed E-state index contributed by atoms with van der Waals surface area (Å²) >= 11 is 5.28. The van der Waals surface area contributed by atoms with Gasteiger partial charge in [-0.1, -0.05) is 13.8 Å². The topological polar surface area (TPSA) is 37.8 Å². The maximum Gasteiger partial charge on any atom is 0.143 e. The molecule has 0 aliphatic rings. The van der Waals surface area contributed by atoms with Crippen LogP contribution in [0.5, 0.6) is 0 Å². The molecular formula is C14H18BrN3S. The lowest BCUT2D eigenvalue weighted by Gasteiger charge is -2.01. The maximum atomic E-state index is 4.72. The number of pyridine rings is 1. The fourth-order valence-electron chi connectivity index (χ4n) is 1.82. The quantitative estimate of drug-likeness (QED) is 0.807. The van der Waals surface area contributed by atoms with Crippen LogP contribution in [0.4, 0.5) is 0 Å². The Balaban J connectivity index is 2.25. The summed E-state index contributed by atoms with van der Waals surface area (Å²) in [5, 5.41) is 4.44. The van der Waals surface area contributed by atoms with Crippen LogP contribution in [0.15, 0.2) is 22.8 Å². The molecule has 0 aliphatic heterocycles. The van der Waals surface area contributed by atoms with Gasteiger partial charge in [-0.05, 0) is 47.4 Å². The first-order valence-corrected chi connectivity index (χ1v) is 8.17. The highest BCUT2D eigenvalue weighted by molar-refractivity contribution is 9.10. The lowest BCUT2D eigenvalue weighted by Crippen LogP contribution is -2.13.